The second-order valence-corrected chi connectivity index (χ2v) is 11.8. The Morgan fingerprint density at radius 1 is 1.00 bits per heavy atom. The molecule has 1 aromatic heterocycles. The number of carbonyl (C=O) groups excluding carboxylic acids is 1. The van der Waals surface area contributed by atoms with Crippen molar-refractivity contribution in [3.05, 3.63) is 87.8 Å². The first-order chi connectivity index (χ1) is 21.8. The van der Waals surface area contributed by atoms with Crippen molar-refractivity contribution in [3.8, 4) is 23.1 Å². The van der Waals surface area contributed by atoms with E-state index < -0.39 is 11.7 Å². The molecule has 1 aliphatic heterocycles. The number of carbonyl (C=O) groups is 1. The van der Waals surface area contributed by atoms with Crippen LogP contribution in [-0.4, -0.2) is 54.1 Å². The number of nitrogens with one attached hydrogen (secondary N) is 2. The second-order valence-electron chi connectivity index (χ2n) is 10.9. The van der Waals surface area contributed by atoms with Crippen LogP contribution in [0.4, 0.5) is 21.7 Å². The van der Waals surface area contributed by atoms with E-state index in [1.54, 1.807) is 30.3 Å². The molecular weight excluding hydrogens is 641 g/mol. The normalized spacial score (nSPS) is 13.3. The lowest BCUT2D eigenvalue weighted by Crippen LogP contribution is -2.31. The molecule has 0 spiro atoms. The largest absolute Gasteiger partial charge is 0.493 e. The van der Waals surface area contributed by atoms with E-state index in [1.807, 2.05) is 32.0 Å². The Morgan fingerprint density at radius 2 is 1.76 bits per heavy atom. The fraction of sp³-hybridized carbons (Fsp3) is 0.324. The summed E-state index contributed by atoms with van der Waals surface area (Å²) in [6.07, 6.45) is 5.98. The SMILES string of the molecule is COc1cc(Br)ccc1Oc1nc(Nc2ccc(OCCCN3CCCCC3)c(F)c2)ncc1C(=O)Nc1c(C)cccc1C. The molecule has 5 rings (SSSR count). The molecule has 1 aliphatic rings. The van der Waals surface area contributed by atoms with E-state index in [0.29, 0.717) is 29.5 Å². The second kappa shape index (κ2) is 15.2. The highest BCUT2D eigenvalue weighted by atomic mass is 79.9. The van der Waals surface area contributed by atoms with Crippen LogP contribution in [0.15, 0.2) is 65.3 Å². The average molecular weight is 679 g/mol. The Bertz CT molecular complexity index is 1630. The summed E-state index contributed by atoms with van der Waals surface area (Å²) < 4.78 is 33.1. The van der Waals surface area contributed by atoms with Crippen LogP contribution in [0.3, 0.4) is 0 Å². The highest BCUT2D eigenvalue weighted by Crippen LogP contribution is 2.35. The van der Waals surface area contributed by atoms with Crippen molar-refractivity contribution < 1.29 is 23.4 Å². The molecule has 236 valence electrons. The zero-order valence-corrected chi connectivity index (χ0v) is 27.2. The number of benzene rings is 3. The smallest absolute Gasteiger partial charge is 0.262 e. The number of hydrogen-bond acceptors (Lipinski definition) is 8. The number of methoxy groups -OCH3 is 1. The summed E-state index contributed by atoms with van der Waals surface area (Å²) in [4.78, 5) is 24.8. The number of likely N-dealkylation sites (tertiary alicyclic amines) is 1. The number of amides is 1. The van der Waals surface area contributed by atoms with Gasteiger partial charge >= 0.3 is 0 Å². The van der Waals surface area contributed by atoms with E-state index in [1.165, 1.54) is 38.6 Å². The van der Waals surface area contributed by atoms with Crippen molar-refractivity contribution in [1.29, 1.82) is 0 Å². The molecule has 0 bridgehead atoms. The third-order valence-electron chi connectivity index (χ3n) is 7.56. The van der Waals surface area contributed by atoms with Gasteiger partial charge < -0.3 is 29.7 Å². The third kappa shape index (κ3) is 8.49. The number of para-hydroxylation sites is 1. The van der Waals surface area contributed by atoms with E-state index in [9.17, 15) is 9.18 Å². The summed E-state index contributed by atoms with van der Waals surface area (Å²) in [6.45, 7) is 7.47. The van der Waals surface area contributed by atoms with Crippen molar-refractivity contribution in [2.75, 3.05) is 44.0 Å². The van der Waals surface area contributed by atoms with E-state index >= 15 is 0 Å². The molecule has 45 heavy (non-hydrogen) atoms. The molecule has 0 atom stereocenters. The molecule has 11 heteroatoms. The Labute approximate surface area is 271 Å². The molecule has 0 aliphatic carbocycles. The fourth-order valence-electron chi connectivity index (χ4n) is 5.16. The molecule has 0 unspecified atom stereocenters. The Balaban J connectivity index is 1.33. The molecular formula is C34H37BrFN5O4. The van der Waals surface area contributed by atoms with Gasteiger partial charge in [0.1, 0.15) is 5.56 Å². The van der Waals surface area contributed by atoms with Gasteiger partial charge in [0.2, 0.25) is 11.8 Å². The van der Waals surface area contributed by atoms with Crippen LogP contribution in [0.2, 0.25) is 0 Å². The topological polar surface area (TPSA) is 97.8 Å². The van der Waals surface area contributed by atoms with Gasteiger partial charge in [0.15, 0.2) is 23.1 Å². The van der Waals surface area contributed by atoms with Gasteiger partial charge in [-0.3, -0.25) is 4.79 Å². The maximum atomic E-state index is 14.9. The lowest BCUT2D eigenvalue weighted by molar-refractivity contribution is 0.102. The Kier molecular flexibility index (Phi) is 10.9. The Hall–Kier alpha value is -4.22. The highest BCUT2D eigenvalue weighted by molar-refractivity contribution is 9.10. The summed E-state index contributed by atoms with van der Waals surface area (Å²) in [5.74, 6) is 0.123. The minimum Gasteiger partial charge on any atom is -0.493 e. The van der Waals surface area contributed by atoms with Crippen LogP contribution in [0, 0.1) is 19.7 Å². The predicted octanol–water partition coefficient (Wildman–Crippen LogP) is 8.05. The zero-order chi connectivity index (χ0) is 31.8. The highest BCUT2D eigenvalue weighted by Gasteiger charge is 2.21. The first-order valence-electron chi connectivity index (χ1n) is 15.0. The van der Waals surface area contributed by atoms with E-state index in [2.05, 4.69) is 41.4 Å². The van der Waals surface area contributed by atoms with Gasteiger partial charge in [-0.2, -0.15) is 4.98 Å². The van der Waals surface area contributed by atoms with E-state index in [-0.39, 0.29) is 23.1 Å². The van der Waals surface area contributed by atoms with Gasteiger partial charge in [-0.25, -0.2) is 9.37 Å². The monoisotopic (exact) mass is 677 g/mol. The van der Waals surface area contributed by atoms with Crippen LogP contribution < -0.4 is 24.8 Å². The molecule has 2 N–H and O–H groups in total. The average Bonchev–Trinajstić information content (AvgIpc) is 3.03. The van der Waals surface area contributed by atoms with Crippen LogP contribution in [0.1, 0.15) is 47.2 Å². The molecule has 1 saturated heterocycles. The summed E-state index contributed by atoms with van der Waals surface area (Å²) in [7, 11) is 1.52. The lowest BCUT2D eigenvalue weighted by Gasteiger charge is -2.26. The number of ether oxygens (including phenoxy) is 3. The standard InChI is InChI=1S/C34H37BrFN5O4/c1-22-9-7-10-23(2)31(22)39-32(42)26-21-37-34(40-33(26)45-29-13-11-24(35)19-30(29)43-3)38-25-12-14-28(27(36)20-25)44-18-8-17-41-15-5-4-6-16-41/h7,9-14,19-21H,4-6,8,15-18H2,1-3H3,(H,39,42)(H,37,38,40). The summed E-state index contributed by atoms with van der Waals surface area (Å²) in [6, 6.07) is 15.6. The van der Waals surface area contributed by atoms with E-state index in [0.717, 1.165) is 41.7 Å². The molecule has 4 aromatic rings. The van der Waals surface area contributed by atoms with Crippen molar-refractivity contribution in [3.63, 3.8) is 0 Å². The van der Waals surface area contributed by atoms with E-state index in [4.69, 9.17) is 14.2 Å². The number of anilines is 3. The van der Waals surface area contributed by atoms with Crippen molar-refractivity contribution >= 4 is 39.2 Å². The fourth-order valence-corrected chi connectivity index (χ4v) is 5.50. The van der Waals surface area contributed by atoms with Crippen molar-refractivity contribution in [2.45, 2.75) is 39.5 Å². The quantitative estimate of drug-likeness (QED) is 0.145. The van der Waals surface area contributed by atoms with Crippen LogP contribution >= 0.6 is 15.9 Å². The van der Waals surface area contributed by atoms with Crippen LogP contribution in [-0.2, 0) is 0 Å². The maximum Gasteiger partial charge on any atom is 0.262 e. The van der Waals surface area contributed by atoms with Gasteiger partial charge in [0.25, 0.3) is 5.91 Å². The molecule has 9 nitrogen and oxygen atoms in total. The molecule has 3 aromatic carbocycles. The molecule has 1 amide bonds. The number of rotatable bonds is 12. The number of hydrogen-bond donors (Lipinski definition) is 2. The van der Waals surface area contributed by atoms with Crippen molar-refractivity contribution in [2.24, 2.45) is 0 Å². The third-order valence-corrected chi connectivity index (χ3v) is 8.06. The number of nitrogens with zero attached hydrogens (tertiary/aromatic N) is 3. The predicted molar refractivity (Wildman–Crippen MR) is 177 cm³/mol. The number of aryl methyl sites for hydroxylation is 2. The molecule has 1 fully saturated rings. The maximum absolute atomic E-state index is 14.9. The van der Waals surface area contributed by atoms with Gasteiger partial charge in [0.05, 0.1) is 13.7 Å². The summed E-state index contributed by atoms with van der Waals surface area (Å²) in [5.41, 5.74) is 3.04. The zero-order valence-electron chi connectivity index (χ0n) is 25.7. The van der Waals surface area contributed by atoms with Gasteiger partial charge in [-0.15, -0.1) is 0 Å². The van der Waals surface area contributed by atoms with Gasteiger partial charge in [0, 0.05) is 34.7 Å². The minimum atomic E-state index is -0.501. The molecule has 2 heterocycles. The van der Waals surface area contributed by atoms with Crippen LogP contribution in [0.25, 0.3) is 0 Å². The minimum absolute atomic E-state index is 0.00834. The Morgan fingerprint density at radius 3 is 2.49 bits per heavy atom. The number of aromatic nitrogens is 2. The first-order valence-corrected chi connectivity index (χ1v) is 15.8. The van der Waals surface area contributed by atoms with Gasteiger partial charge in [-0.05, 0) is 87.7 Å². The molecule has 0 saturated carbocycles. The van der Waals surface area contributed by atoms with Crippen LogP contribution in [0.5, 0.6) is 23.1 Å². The molecule has 0 radical (unpaired) electrons. The van der Waals surface area contributed by atoms with Crippen molar-refractivity contribution in [1.82, 2.24) is 14.9 Å². The summed E-state index contributed by atoms with van der Waals surface area (Å²) >= 11 is 3.43. The number of halogens is 2. The first kappa shape index (κ1) is 32.2. The lowest BCUT2D eigenvalue weighted by atomic mass is 10.1. The summed E-state index contributed by atoms with van der Waals surface area (Å²) in [5, 5.41) is 5.96. The van der Waals surface area contributed by atoms with Gasteiger partial charge in [-0.1, -0.05) is 40.5 Å². The number of piperidine rings is 1.